The number of nitrogens with one attached hydrogen (secondary N) is 1. The van der Waals surface area contributed by atoms with E-state index in [4.69, 9.17) is 10.5 Å². The first-order chi connectivity index (χ1) is 8.26. The molecule has 0 aliphatic heterocycles. The Bertz CT molecular complexity index is 277. The molecule has 0 amide bonds. The molecular formula is C13H24N2OS. The number of ether oxygens (including phenoxy) is 1. The molecule has 0 saturated carbocycles. The molecular weight excluding hydrogens is 232 g/mol. The number of nitrogens with two attached hydrogens (primary N) is 1. The Balaban J connectivity index is 2.31. The smallest absolute Gasteiger partial charge is 0.0615 e. The fourth-order valence-electron chi connectivity index (χ4n) is 1.97. The average Bonchev–Trinajstić information content (AvgIpc) is 2.78. The highest BCUT2D eigenvalue weighted by molar-refractivity contribution is 7.09. The number of thiophene rings is 1. The van der Waals surface area contributed by atoms with Crippen molar-refractivity contribution in [2.45, 2.75) is 38.3 Å². The van der Waals surface area contributed by atoms with E-state index in [1.807, 2.05) is 11.3 Å². The maximum absolute atomic E-state index is 5.55. The predicted octanol–water partition coefficient (Wildman–Crippen LogP) is 2.02. The molecule has 1 heterocycles. The van der Waals surface area contributed by atoms with Crippen LogP contribution < -0.4 is 11.1 Å². The van der Waals surface area contributed by atoms with E-state index in [0.29, 0.717) is 12.1 Å². The van der Waals surface area contributed by atoms with Crippen LogP contribution in [0.1, 0.15) is 24.6 Å². The van der Waals surface area contributed by atoms with Crippen molar-refractivity contribution in [2.75, 3.05) is 20.3 Å². The number of hydrogen-bond donors (Lipinski definition) is 2. The maximum Gasteiger partial charge on any atom is 0.0615 e. The zero-order valence-electron chi connectivity index (χ0n) is 10.8. The van der Waals surface area contributed by atoms with E-state index in [9.17, 15) is 0 Å². The van der Waals surface area contributed by atoms with Gasteiger partial charge in [-0.2, -0.15) is 0 Å². The average molecular weight is 256 g/mol. The molecule has 2 atom stereocenters. The summed E-state index contributed by atoms with van der Waals surface area (Å²) < 4.78 is 5.24. The van der Waals surface area contributed by atoms with Crippen molar-refractivity contribution >= 4 is 11.3 Å². The predicted molar refractivity (Wildman–Crippen MR) is 74.6 cm³/mol. The van der Waals surface area contributed by atoms with Crippen molar-refractivity contribution in [2.24, 2.45) is 5.73 Å². The van der Waals surface area contributed by atoms with Crippen molar-refractivity contribution in [3.8, 4) is 0 Å². The Kier molecular flexibility index (Phi) is 7.44. The monoisotopic (exact) mass is 256 g/mol. The summed E-state index contributed by atoms with van der Waals surface area (Å²) in [4.78, 5) is 1.43. The fourth-order valence-corrected chi connectivity index (χ4v) is 2.81. The summed E-state index contributed by atoms with van der Waals surface area (Å²) in [5.74, 6) is 0. The summed E-state index contributed by atoms with van der Waals surface area (Å²) in [5.41, 5.74) is 5.55. The third-order valence-corrected chi connectivity index (χ3v) is 3.63. The third-order valence-electron chi connectivity index (χ3n) is 2.73. The van der Waals surface area contributed by atoms with Crippen molar-refractivity contribution < 1.29 is 4.74 Å². The van der Waals surface area contributed by atoms with Crippen LogP contribution in [0, 0.1) is 0 Å². The highest BCUT2D eigenvalue weighted by atomic mass is 32.1. The van der Waals surface area contributed by atoms with Gasteiger partial charge in [0.15, 0.2) is 0 Å². The second-order valence-electron chi connectivity index (χ2n) is 4.43. The van der Waals surface area contributed by atoms with Crippen molar-refractivity contribution in [3.63, 3.8) is 0 Å². The number of methoxy groups -OCH3 is 1. The minimum Gasteiger partial charge on any atom is -0.383 e. The standard InChI is InChI=1S/C13H24N2OS/c1-11(9-13-6-4-8-17-13)15-12(10-16-2)5-3-7-14/h4,6,8,11-12,15H,3,5,7,9-10,14H2,1-2H3. The molecule has 1 aromatic heterocycles. The van der Waals surface area contributed by atoms with Gasteiger partial charge in [-0.25, -0.2) is 0 Å². The van der Waals surface area contributed by atoms with E-state index in [1.165, 1.54) is 4.88 Å². The molecule has 0 fully saturated rings. The lowest BCUT2D eigenvalue weighted by atomic mass is 10.1. The summed E-state index contributed by atoms with van der Waals surface area (Å²) in [7, 11) is 1.75. The lowest BCUT2D eigenvalue weighted by Gasteiger charge is -2.22. The SMILES string of the molecule is COCC(CCCN)NC(C)Cc1cccs1. The summed E-state index contributed by atoms with van der Waals surface area (Å²) in [6.07, 6.45) is 3.21. The highest BCUT2D eigenvalue weighted by Gasteiger charge is 2.12. The van der Waals surface area contributed by atoms with Gasteiger partial charge in [-0.05, 0) is 44.2 Å². The zero-order chi connectivity index (χ0) is 12.5. The van der Waals surface area contributed by atoms with Crippen LogP contribution >= 0.6 is 11.3 Å². The van der Waals surface area contributed by atoms with Crippen LogP contribution in [-0.4, -0.2) is 32.3 Å². The van der Waals surface area contributed by atoms with Crippen LogP contribution in [-0.2, 0) is 11.2 Å². The van der Waals surface area contributed by atoms with Gasteiger partial charge in [-0.15, -0.1) is 11.3 Å². The number of rotatable bonds is 9. The molecule has 2 unspecified atom stereocenters. The molecule has 3 N–H and O–H groups in total. The van der Waals surface area contributed by atoms with E-state index in [1.54, 1.807) is 7.11 Å². The highest BCUT2D eigenvalue weighted by Crippen LogP contribution is 2.11. The zero-order valence-corrected chi connectivity index (χ0v) is 11.6. The molecule has 0 aromatic carbocycles. The van der Waals surface area contributed by atoms with E-state index >= 15 is 0 Å². The Labute approximate surface area is 108 Å². The van der Waals surface area contributed by atoms with E-state index in [0.717, 1.165) is 32.4 Å². The normalized spacial score (nSPS) is 14.8. The minimum atomic E-state index is 0.415. The molecule has 17 heavy (non-hydrogen) atoms. The van der Waals surface area contributed by atoms with Crippen LogP contribution in [0.15, 0.2) is 17.5 Å². The lowest BCUT2D eigenvalue weighted by molar-refractivity contribution is 0.156. The molecule has 1 rings (SSSR count). The molecule has 1 aromatic rings. The number of hydrogen-bond acceptors (Lipinski definition) is 4. The first-order valence-electron chi connectivity index (χ1n) is 6.23. The van der Waals surface area contributed by atoms with Crippen molar-refractivity contribution in [1.82, 2.24) is 5.32 Å². The van der Waals surface area contributed by atoms with Crippen molar-refractivity contribution in [1.29, 1.82) is 0 Å². The second-order valence-corrected chi connectivity index (χ2v) is 5.47. The van der Waals surface area contributed by atoms with Gasteiger partial charge in [-0.3, -0.25) is 0 Å². The molecule has 0 radical (unpaired) electrons. The molecule has 3 nitrogen and oxygen atoms in total. The third kappa shape index (κ3) is 6.17. The van der Waals surface area contributed by atoms with Gasteiger partial charge in [-0.1, -0.05) is 6.07 Å². The van der Waals surface area contributed by atoms with Crippen LogP contribution in [0.4, 0.5) is 0 Å². The van der Waals surface area contributed by atoms with E-state index in [-0.39, 0.29) is 0 Å². The quantitative estimate of drug-likeness (QED) is 0.710. The summed E-state index contributed by atoms with van der Waals surface area (Å²) in [5, 5.41) is 5.75. The Morgan fingerprint density at radius 1 is 1.53 bits per heavy atom. The largest absolute Gasteiger partial charge is 0.383 e. The molecule has 0 saturated heterocycles. The molecule has 0 spiro atoms. The van der Waals surface area contributed by atoms with E-state index < -0.39 is 0 Å². The summed E-state index contributed by atoms with van der Waals surface area (Å²) in [6.45, 7) is 3.74. The first-order valence-corrected chi connectivity index (χ1v) is 7.11. The molecule has 0 aliphatic carbocycles. The van der Waals surface area contributed by atoms with Gasteiger partial charge in [0.1, 0.15) is 0 Å². The first kappa shape index (κ1) is 14.6. The summed E-state index contributed by atoms with van der Waals surface area (Å²) >= 11 is 1.82. The van der Waals surface area contributed by atoms with E-state index in [2.05, 4.69) is 29.8 Å². The minimum absolute atomic E-state index is 0.415. The van der Waals surface area contributed by atoms with Crippen LogP contribution in [0.25, 0.3) is 0 Å². The Morgan fingerprint density at radius 2 is 2.35 bits per heavy atom. The lowest BCUT2D eigenvalue weighted by Crippen LogP contribution is -2.40. The van der Waals surface area contributed by atoms with Gasteiger partial charge in [0.2, 0.25) is 0 Å². The molecule has 0 bridgehead atoms. The van der Waals surface area contributed by atoms with Crippen LogP contribution in [0.3, 0.4) is 0 Å². The molecule has 98 valence electrons. The molecule has 0 aliphatic rings. The van der Waals surface area contributed by atoms with Gasteiger partial charge < -0.3 is 15.8 Å². The second kappa shape index (κ2) is 8.64. The Hall–Kier alpha value is -0.420. The van der Waals surface area contributed by atoms with Crippen molar-refractivity contribution in [3.05, 3.63) is 22.4 Å². The van der Waals surface area contributed by atoms with Gasteiger partial charge in [0.25, 0.3) is 0 Å². The van der Waals surface area contributed by atoms with Gasteiger partial charge >= 0.3 is 0 Å². The topological polar surface area (TPSA) is 47.3 Å². The van der Waals surface area contributed by atoms with Crippen LogP contribution in [0.2, 0.25) is 0 Å². The maximum atomic E-state index is 5.55. The van der Waals surface area contributed by atoms with Gasteiger partial charge in [0, 0.05) is 24.1 Å². The van der Waals surface area contributed by atoms with Gasteiger partial charge in [0.05, 0.1) is 6.61 Å². The fraction of sp³-hybridized carbons (Fsp3) is 0.692. The Morgan fingerprint density at radius 3 is 2.94 bits per heavy atom. The van der Waals surface area contributed by atoms with Crippen LogP contribution in [0.5, 0.6) is 0 Å². The molecule has 4 heteroatoms. The summed E-state index contributed by atoms with van der Waals surface area (Å²) in [6, 6.07) is 5.19.